The SMILES string of the molecule is Clc1cccc2c1COCN=C1N2c2cc(C3CCNCC3)ccc2C12CCCCC2. The molecule has 31 heavy (non-hydrogen) atoms. The minimum atomic E-state index is 0.000517. The molecule has 2 fully saturated rings. The lowest BCUT2D eigenvalue weighted by molar-refractivity contribution is 0.127. The van der Waals surface area contributed by atoms with Crippen molar-refractivity contribution < 1.29 is 4.74 Å². The van der Waals surface area contributed by atoms with Crippen molar-refractivity contribution in [2.45, 2.75) is 62.9 Å². The second-order valence-electron chi connectivity index (χ2n) is 9.48. The van der Waals surface area contributed by atoms with Crippen LogP contribution < -0.4 is 10.2 Å². The standard InChI is InChI=1S/C26H30ClN3O/c27-22-5-4-6-23-20(22)16-31-17-29-25-26(11-2-1-3-12-26)21-8-7-19(15-24(21)30(23)25)18-9-13-28-14-10-18/h4-8,15,18,28H,1-3,9-14,16-17H2. The molecule has 0 aromatic heterocycles. The first-order chi connectivity index (χ1) is 15.3. The average Bonchev–Trinajstić information content (AvgIpc) is 3.04. The van der Waals surface area contributed by atoms with E-state index in [4.69, 9.17) is 21.3 Å². The van der Waals surface area contributed by atoms with Crippen molar-refractivity contribution in [1.29, 1.82) is 0 Å². The Bertz CT molecular complexity index is 1020. The molecule has 2 aromatic carbocycles. The van der Waals surface area contributed by atoms with E-state index in [1.54, 1.807) is 0 Å². The van der Waals surface area contributed by atoms with Crippen molar-refractivity contribution in [2.24, 2.45) is 4.99 Å². The van der Waals surface area contributed by atoms with Crippen molar-refractivity contribution in [2.75, 3.05) is 24.7 Å². The third-order valence-electron chi connectivity index (χ3n) is 7.82. The predicted molar refractivity (Wildman–Crippen MR) is 127 cm³/mol. The van der Waals surface area contributed by atoms with Gasteiger partial charge in [-0.2, -0.15) is 0 Å². The predicted octanol–water partition coefficient (Wildman–Crippen LogP) is 6.05. The average molecular weight is 436 g/mol. The lowest BCUT2D eigenvalue weighted by Crippen LogP contribution is -2.41. The number of hydrogen-bond donors (Lipinski definition) is 1. The maximum absolute atomic E-state index is 6.66. The summed E-state index contributed by atoms with van der Waals surface area (Å²) >= 11 is 6.66. The molecule has 1 aliphatic carbocycles. The third-order valence-corrected chi connectivity index (χ3v) is 8.18. The zero-order valence-corrected chi connectivity index (χ0v) is 18.8. The van der Waals surface area contributed by atoms with Gasteiger partial charge in [0.05, 0.1) is 23.4 Å². The van der Waals surface area contributed by atoms with Crippen molar-refractivity contribution in [3.8, 4) is 0 Å². The number of amidine groups is 1. The fourth-order valence-corrected chi connectivity index (χ4v) is 6.49. The molecular formula is C26H30ClN3O. The van der Waals surface area contributed by atoms with Gasteiger partial charge in [-0.1, -0.05) is 49.1 Å². The van der Waals surface area contributed by atoms with Gasteiger partial charge >= 0.3 is 0 Å². The monoisotopic (exact) mass is 435 g/mol. The zero-order chi connectivity index (χ0) is 20.8. The molecule has 0 amide bonds. The summed E-state index contributed by atoms with van der Waals surface area (Å²) in [5.74, 6) is 1.81. The number of fused-ring (bicyclic) bond motifs is 7. The van der Waals surface area contributed by atoms with Crippen molar-refractivity contribution in [3.05, 3.63) is 58.1 Å². The largest absolute Gasteiger partial charge is 0.354 e. The van der Waals surface area contributed by atoms with Crippen molar-refractivity contribution in [1.82, 2.24) is 5.32 Å². The first-order valence-electron chi connectivity index (χ1n) is 11.8. The Kier molecular flexibility index (Phi) is 5.05. The van der Waals surface area contributed by atoms with E-state index in [0.29, 0.717) is 19.3 Å². The Hall–Kier alpha value is -1.88. The highest BCUT2D eigenvalue weighted by Crippen LogP contribution is 2.54. The van der Waals surface area contributed by atoms with Crippen LogP contribution in [0.2, 0.25) is 5.02 Å². The van der Waals surface area contributed by atoms with E-state index in [-0.39, 0.29) is 5.41 Å². The van der Waals surface area contributed by atoms with Gasteiger partial charge in [0.2, 0.25) is 0 Å². The van der Waals surface area contributed by atoms with E-state index < -0.39 is 0 Å². The lowest BCUT2D eigenvalue weighted by Gasteiger charge is -2.36. The van der Waals surface area contributed by atoms with Crippen LogP contribution in [0, 0.1) is 0 Å². The number of aliphatic imine (C=N–C) groups is 1. The van der Waals surface area contributed by atoms with E-state index in [9.17, 15) is 0 Å². The van der Waals surface area contributed by atoms with Crippen molar-refractivity contribution in [3.63, 3.8) is 0 Å². The summed E-state index contributed by atoms with van der Waals surface area (Å²) in [4.78, 5) is 7.51. The molecule has 1 saturated heterocycles. The highest BCUT2D eigenvalue weighted by atomic mass is 35.5. The number of nitrogens with one attached hydrogen (secondary N) is 1. The summed E-state index contributed by atoms with van der Waals surface area (Å²) in [6.45, 7) is 3.11. The Balaban J connectivity index is 1.56. The van der Waals surface area contributed by atoms with Gasteiger partial charge in [0.25, 0.3) is 0 Å². The molecule has 0 atom stereocenters. The van der Waals surface area contributed by atoms with Crippen LogP contribution in [0.4, 0.5) is 11.4 Å². The summed E-state index contributed by atoms with van der Waals surface area (Å²) in [6.07, 6.45) is 8.58. The van der Waals surface area contributed by atoms with Crippen LogP contribution in [0.1, 0.15) is 67.6 Å². The second kappa shape index (κ2) is 7.91. The van der Waals surface area contributed by atoms with Crippen LogP contribution in [0.15, 0.2) is 41.4 Å². The summed E-state index contributed by atoms with van der Waals surface area (Å²) in [7, 11) is 0. The molecule has 6 rings (SSSR count). The van der Waals surface area contributed by atoms with Gasteiger partial charge in [-0.25, -0.2) is 4.99 Å². The second-order valence-corrected chi connectivity index (χ2v) is 9.88. The molecule has 0 radical (unpaired) electrons. The number of halogens is 1. The van der Waals surface area contributed by atoms with Crippen LogP contribution in [0.5, 0.6) is 0 Å². The van der Waals surface area contributed by atoms with Crippen molar-refractivity contribution >= 4 is 28.8 Å². The van der Waals surface area contributed by atoms with E-state index >= 15 is 0 Å². The van der Waals surface area contributed by atoms with E-state index in [0.717, 1.165) is 42.2 Å². The van der Waals surface area contributed by atoms with Gasteiger partial charge in [0, 0.05) is 10.6 Å². The summed E-state index contributed by atoms with van der Waals surface area (Å²) < 4.78 is 5.94. The summed E-state index contributed by atoms with van der Waals surface area (Å²) in [5.41, 5.74) is 6.45. The normalized spacial score (nSPS) is 22.9. The van der Waals surface area contributed by atoms with Crippen LogP contribution in [0.25, 0.3) is 0 Å². The molecule has 4 aliphatic rings. The number of benzene rings is 2. The third kappa shape index (κ3) is 3.14. The van der Waals surface area contributed by atoms with Gasteiger partial charge in [0.15, 0.2) is 0 Å². The number of piperidine rings is 1. The van der Waals surface area contributed by atoms with Gasteiger partial charge in [-0.15, -0.1) is 0 Å². The Labute approximate surface area is 189 Å². The Morgan fingerprint density at radius 2 is 1.87 bits per heavy atom. The number of rotatable bonds is 1. The molecular weight excluding hydrogens is 406 g/mol. The molecule has 0 unspecified atom stereocenters. The Morgan fingerprint density at radius 1 is 1.03 bits per heavy atom. The molecule has 5 heteroatoms. The first-order valence-corrected chi connectivity index (χ1v) is 12.2. The molecule has 1 saturated carbocycles. The van der Waals surface area contributed by atoms with Crippen LogP contribution in [-0.2, 0) is 16.8 Å². The molecule has 3 heterocycles. The van der Waals surface area contributed by atoms with E-state index in [2.05, 4.69) is 40.5 Å². The lowest BCUT2D eigenvalue weighted by atomic mass is 9.69. The Morgan fingerprint density at radius 3 is 2.71 bits per heavy atom. The molecule has 3 aliphatic heterocycles. The maximum atomic E-state index is 6.66. The van der Waals surface area contributed by atoms with Crippen LogP contribution in [0.3, 0.4) is 0 Å². The first kappa shape index (κ1) is 19.8. The minimum absolute atomic E-state index is 0.000517. The number of nitrogens with zero attached hydrogens (tertiary/aromatic N) is 2. The molecule has 1 spiro atoms. The smallest absolute Gasteiger partial charge is 0.139 e. The molecule has 162 valence electrons. The highest BCUT2D eigenvalue weighted by Gasteiger charge is 2.50. The number of hydrogen-bond acceptors (Lipinski definition) is 4. The minimum Gasteiger partial charge on any atom is -0.354 e. The fourth-order valence-electron chi connectivity index (χ4n) is 6.26. The molecule has 1 N–H and O–H groups in total. The summed E-state index contributed by atoms with van der Waals surface area (Å²) in [5, 5.41) is 4.28. The number of ether oxygens (including phenoxy) is 1. The van der Waals surface area contributed by atoms with E-state index in [1.807, 2.05) is 6.07 Å². The number of anilines is 2. The van der Waals surface area contributed by atoms with Crippen LogP contribution >= 0.6 is 11.6 Å². The molecule has 2 aromatic rings. The van der Waals surface area contributed by atoms with Gasteiger partial charge in [0.1, 0.15) is 12.6 Å². The topological polar surface area (TPSA) is 36.9 Å². The quantitative estimate of drug-likeness (QED) is 0.592. The van der Waals surface area contributed by atoms with E-state index in [1.165, 1.54) is 54.8 Å². The van der Waals surface area contributed by atoms with Gasteiger partial charge in [-0.05, 0) is 74.0 Å². The molecule has 4 nitrogen and oxygen atoms in total. The molecule has 0 bridgehead atoms. The summed E-state index contributed by atoms with van der Waals surface area (Å²) in [6, 6.07) is 13.5. The fraction of sp³-hybridized carbons (Fsp3) is 0.500. The van der Waals surface area contributed by atoms with Gasteiger partial charge in [-0.3, -0.25) is 4.90 Å². The highest BCUT2D eigenvalue weighted by molar-refractivity contribution is 6.32. The maximum Gasteiger partial charge on any atom is 0.139 e. The van der Waals surface area contributed by atoms with Gasteiger partial charge < -0.3 is 10.1 Å². The zero-order valence-electron chi connectivity index (χ0n) is 18.0. The van der Waals surface area contributed by atoms with Crippen LogP contribution in [-0.4, -0.2) is 25.7 Å².